The van der Waals surface area contributed by atoms with Gasteiger partial charge in [0.1, 0.15) is 51.6 Å². The average Bonchev–Trinajstić information content (AvgIpc) is 0.712. The first-order chi connectivity index (χ1) is 51.0. The molecule has 6 heteroatoms. The van der Waals surface area contributed by atoms with E-state index in [-0.39, 0.29) is 0 Å². The maximum Gasteiger partial charge on any atom is 0.231 e. The van der Waals surface area contributed by atoms with E-state index in [4.69, 9.17) is 0 Å². The molecular weight excluding hydrogens is 1260 g/mol. The molecule has 0 saturated carbocycles. The van der Waals surface area contributed by atoms with Crippen LogP contribution in [0.1, 0.15) is 133 Å². The second-order valence-electron chi connectivity index (χ2n) is 23.7. The molecule has 0 atom stereocenters. The molecule has 0 radical (unpaired) electrons. The van der Waals surface area contributed by atoms with Crippen molar-refractivity contribution in [1.82, 2.24) is 9.97 Å². The van der Waals surface area contributed by atoms with Crippen molar-refractivity contribution in [3.63, 3.8) is 0 Å². The summed E-state index contributed by atoms with van der Waals surface area (Å²) in [6.45, 7) is 40.8. The zero-order valence-corrected chi connectivity index (χ0v) is 66.9. The van der Waals surface area contributed by atoms with Crippen LogP contribution in [0.5, 0.6) is 0 Å². The minimum Gasteiger partial charge on any atom is -0.243 e. The third-order valence-corrected chi connectivity index (χ3v) is 18.7. The number of aryl methyl sites for hydroxylation is 8. The highest BCUT2D eigenvalue weighted by molar-refractivity contribution is 6.36. The summed E-state index contributed by atoms with van der Waals surface area (Å²) >= 11 is 0. The number of hydrogen-bond donors (Lipinski definition) is 0. The Labute approximate surface area is 621 Å². The van der Waals surface area contributed by atoms with Gasteiger partial charge in [-0.05, 0) is 139 Å². The highest BCUT2D eigenvalue weighted by atomic mass is 15.0. The van der Waals surface area contributed by atoms with Crippen molar-refractivity contribution in [2.24, 2.45) is 28.2 Å². The van der Waals surface area contributed by atoms with Gasteiger partial charge < -0.3 is 0 Å². The summed E-state index contributed by atoms with van der Waals surface area (Å²) in [6, 6.07) is 82.2. The van der Waals surface area contributed by atoms with Crippen LogP contribution in [0.3, 0.4) is 0 Å². The van der Waals surface area contributed by atoms with E-state index in [9.17, 15) is 0 Å². The Morgan fingerprint density at radius 1 is 0.240 bits per heavy atom. The summed E-state index contributed by atoms with van der Waals surface area (Å²) in [5, 5.41) is 24.3. The first-order valence-electron chi connectivity index (χ1n) is 38.4. The summed E-state index contributed by atoms with van der Waals surface area (Å²) in [6.07, 6.45) is 8.29. The van der Waals surface area contributed by atoms with Gasteiger partial charge in [0.25, 0.3) is 0 Å². The van der Waals surface area contributed by atoms with Gasteiger partial charge in [-0.2, -0.15) is 9.13 Å². The van der Waals surface area contributed by atoms with Crippen molar-refractivity contribution in [1.29, 1.82) is 0 Å². The fraction of sp³-hybridized carbons (Fsp3) is 0.245. The van der Waals surface area contributed by atoms with Gasteiger partial charge in [0.15, 0.2) is 12.4 Å². The Morgan fingerprint density at radius 3 is 1.12 bits per heavy atom. The van der Waals surface area contributed by atoms with E-state index in [0.717, 1.165) is 33.5 Å². The van der Waals surface area contributed by atoms with Crippen LogP contribution in [-0.2, 0) is 28.2 Å². The van der Waals surface area contributed by atoms with Gasteiger partial charge >= 0.3 is 0 Å². The number of nitrogens with zero attached hydrogens (tertiary/aromatic N) is 6. The van der Waals surface area contributed by atoms with Crippen LogP contribution in [-0.4, -0.2) is 9.97 Å². The lowest BCUT2D eigenvalue weighted by atomic mass is 9.87. The lowest BCUT2D eigenvalue weighted by molar-refractivity contribution is -0.644. The molecule has 0 aliphatic rings. The number of benzene rings is 14. The molecule has 18 aromatic rings. The molecule has 0 spiro atoms. The topological polar surface area (TPSA) is 41.3 Å². The summed E-state index contributed by atoms with van der Waals surface area (Å²) < 4.78 is 8.98. The van der Waals surface area contributed by atoms with E-state index in [1.54, 1.807) is 0 Å². The molecule has 0 aliphatic heterocycles. The quantitative estimate of drug-likeness (QED) is 0.0983. The molecule has 0 saturated heterocycles. The van der Waals surface area contributed by atoms with Gasteiger partial charge in [0.2, 0.25) is 33.5 Å². The van der Waals surface area contributed by atoms with E-state index in [1.165, 1.54) is 141 Å². The molecule has 0 unspecified atom stereocenters. The fourth-order valence-electron chi connectivity index (χ4n) is 14.3. The van der Waals surface area contributed by atoms with Gasteiger partial charge in [-0.3, -0.25) is 0 Å². The lowest BCUT2D eigenvalue weighted by Crippen LogP contribution is -2.32. The Hall–Kier alpha value is -10.8. The van der Waals surface area contributed by atoms with E-state index in [0.29, 0.717) is 0 Å². The number of para-hydroxylation sites is 4. The van der Waals surface area contributed by atoms with Gasteiger partial charge in [-0.15, -0.1) is 0 Å². The minimum atomic E-state index is 1.02. The highest BCUT2D eigenvalue weighted by Crippen LogP contribution is 2.44. The summed E-state index contributed by atoms with van der Waals surface area (Å²) in [7, 11) is 8.51. The first-order valence-corrected chi connectivity index (χ1v) is 38.4. The second-order valence-corrected chi connectivity index (χ2v) is 23.7. The van der Waals surface area contributed by atoms with Crippen LogP contribution in [0.15, 0.2) is 255 Å². The minimum absolute atomic E-state index is 1.02. The molecule has 0 amide bonds. The van der Waals surface area contributed by atoms with Crippen molar-refractivity contribution in [2.75, 3.05) is 0 Å². The monoisotopic (exact) mass is 1370 g/mol. The van der Waals surface area contributed by atoms with Gasteiger partial charge in [0, 0.05) is 35.0 Å². The number of rotatable bonds is 2. The van der Waals surface area contributed by atoms with E-state index in [1.807, 2.05) is 154 Å². The fourth-order valence-corrected chi connectivity index (χ4v) is 14.3. The van der Waals surface area contributed by atoms with Crippen molar-refractivity contribution in [2.45, 2.75) is 138 Å². The van der Waals surface area contributed by atoms with Crippen molar-refractivity contribution < 1.29 is 18.3 Å². The molecule has 6 nitrogen and oxygen atoms in total. The molecule has 0 bridgehead atoms. The number of fused-ring (bicyclic) bond motifs is 9. The van der Waals surface area contributed by atoms with Crippen LogP contribution in [0.2, 0.25) is 0 Å². The van der Waals surface area contributed by atoms with E-state index < -0.39 is 0 Å². The summed E-state index contributed by atoms with van der Waals surface area (Å²) in [4.78, 5) is 9.16. The zero-order valence-electron chi connectivity index (χ0n) is 66.9. The molecule has 4 aromatic heterocycles. The SMILES string of the molecule is CC.CC.CC.CC.CC.CC.CC.CC.Cc1c(-c2cnc3ccccc3[n+]2C)ccc2ccccc12.Cc1c2ccccc2c2cccc3c4cccc5cc[n+](C)c(c1c23)c54.Cc1ccc2cccc3c4cccc5cc[n+](C)c(c1c23)c54.Cc1ccccc1-c1cnc2ccccc2[n+]1C. The van der Waals surface area contributed by atoms with Crippen LogP contribution >= 0.6 is 0 Å². The average molecular weight is 1380 g/mol. The van der Waals surface area contributed by atoms with Crippen LogP contribution in [0.25, 0.3) is 153 Å². The van der Waals surface area contributed by atoms with Crippen molar-refractivity contribution >= 4 is 130 Å². The van der Waals surface area contributed by atoms with Crippen molar-refractivity contribution in [3.8, 4) is 22.5 Å². The van der Waals surface area contributed by atoms with Crippen molar-refractivity contribution in [3.05, 3.63) is 278 Å². The number of aromatic nitrogens is 6. The normalized spacial score (nSPS) is 10.3. The third-order valence-electron chi connectivity index (χ3n) is 18.7. The molecule has 532 valence electrons. The highest BCUT2D eigenvalue weighted by Gasteiger charge is 2.24. The molecule has 104 heavy (non-hydrogen) atoms. The van der Waals surface area contributed by atoms with Crippen LogP contribution in [0.4, 0.5) is 0 Å². The predicted octanol–water partition coefficient (Wildman–Crippen LogP) is 26.3. The lowest BCUT2D eigenvalue weighted by Gasteiger charge is -2.16. The smallest absolute Gasteiger partial charge is 0.231 e. The Bertz CT molecular complexity index is 5630. The maximum absolute atomic E-state index is 4.62. The molecule has 14 aromatic carbocycles. The van der Waals surface area contributed by atoms with Crippen LogP contribution in [0, 0.1) is 27.7 Å². The van der Waals surface area contributed by atoms with Gasteiger partial charge in [0.05, 0.1) is 32.7 Å². The Morgan fingerprint density at radius 2 is 0.606 bits per heavy atom. The Balaban J connectivity index is 0.000000183. The third kappa shape index (κ3) is 15.6. The molecule has 4 heterocycles. The molecule has 0 aliphatic carbocycles. The number of hydrogen-bond acceptors (Lipinski definition) is 2. The second kappa shape index (κ2) is 38.4. The van der Waals surface area contributed by atoms with E-state index >= 15 is 0 Å². The largest absolute Gasteiger partial charge is 0.243 e. The maximum atomic E-state index is 4.62. The van der Waals surface area contributed by atoms with Gasteiger partial charge in [-0.25, -0.2) is 19.1 Å². The molecule has 18 rings (SSSR count). The van der Waals surface area contributed by atoms with Gasteiger partial charge in [-0.1, -0.05) is 293 Å². The molecular formula is C98H114N6+4. The molecule has 0 fully saturated rings. The Kier molecular flexibility index (Phi) is 29.8. The summed E-state index contributed by atoms with van der Waals surface area (Å²) in [5.41, 5.74) is 17.1. The zero-order chi connectivity index (χ0) is 75.9. The summed E-state index contributed by atoms with van der Waals surface area (Å²) in [5.74, 6) is 0. The first kappa shape index (κ1) is 80.5. The van der Waals surface area contributed by atoms with E-state index in [2.05, 4.69) is 297 Å². The standard InChI is InChI=1S/C25H18N.C21H16N.C20H17N2.C16H15N2.8C2H6/c1-15-17-8-3-4-9-18(17)19-11-6-12-21-20-10-5-7-16-13-14-26(2)25(23(16)20)22(15)24(19)21;1-13-9-10-14-5-3-7-16-17-8-4-6-15-11-12-22(2)21(20(15)17)18(13)19(14)16;1-14-16-8-4-3-7-15(16)11-12-17(14)20-13-21-18-9-5-6-10-19(18)22(20)2;1-12-7-3-4-8-13(12)16-11-17-14-9-5-6-10-15(14)18(16)2;8*1-2/h3-14H,1-2H3;3-12H,1-2H3;3-13H,1-2H3;3-11H,1-2H3;8*1-2H3/q4*+1;;;;;;;;. The van der Waals surface area contributed by atoms with Crippen LogP contribution < -0.4 is 18.3 Å². The predicted molar refractivity (Wildman–Crippen MR) is 459 cm³/mol. The number of pyridine rings is 2. The molecule has 0 N–H and O–H groups in total.